The molecule has 6 nitrogen and oxygen atoms in total. The molecule has 0 aromatic carbocycles. The van der Waals surface area contributed by atoms with Crippen molar-refractivity contribution in [3.63, 3.8) is 0 Å². The summed E-state index contributed by atoms with van der Waals surface area (Å²) in [6.45, 7) is 3.38. The minimum atomic E-state index is -0.313. The third kappa shape index (κ3) is 3.46. The van der Waals surface area contributed by atoms with Gasteiger partial charge in [-0.2, -0.15) is 4.98 Å². The maximum Gasteiger partial charge on any atom is 0.229 e. The second kappa shape index (κ2) is 6.32. The minimum absolute atomic E-state index is 0.175. The quantitative estimate of drug-likeness (QED) is 0.865. The van der Waals surface area contributed by atoms with E-state index in [-0.39, 0.29) is 17.9 Å². The molecular weight excluding hydrogens is 268 g/mol. The lowest BCUT2D eigenvalue weighted by atomic mass is 10.0. The van der Waals surface area contributed by atoms with E-state index in [4.69, 9.17) is 4.52 Å². The average Bonchev–Trinajstić information content (AvgIpc) is 3.07. The molecule has 21 heavy (non-hydrogen) atoms. The van der Waals surface area contributed by atoms with Gasteiger partial charge in [0.1, 0.15) is 0 Å². The molecular formula is C15H20N4O2. The maximum atomic E-state index is 10.2. The van der Waals surface area contributed by atoms with Crippen molar-refractivity contribution in [1.29, 1.82) is 0 Å². The predicted octanol–water partition coefficient (Wildman–Crippen LogP) is 1.42. The molecule has 2 N–H and O–H groups in total. The highest BCUT2D eigenvalue weighted by molar-refractivity contribution is 5.09. The summed E-state index contributed by atoms with van der Waals surface area (Å²) in [7, 11) is 0. The number of hydrogen-bond donors (Lipinski definition) is 2. The van der Waals surface area contributed by atoms with Crippen LogP contribution in [0.25, 0.3) is 0 Å². The lowest BCUT2D eigenvalue weighted by Gasteiger charge is -2.14. The van der Waals surface area contributed by atoms with E-state index in [1.165, 1.54) is 5.56 Å². The molecule has 2 aromatic heterocycles. The number of nitrogens with zero attached hydrogens (tertiary/aromatic N) is 3. The Morgan fingerprint density at radius 3 is 2.86 bits per heavy atom. The third-order valence-electron chi connectivity index (χ3n) is 4.03. The molecule has 0 radical (unpaired) electrons. The Balaban J connectivity index is 1.50. The summed E-state index contributed by atoms with van der Waals surface area (Å²) in [5.41, 5.74) is 1.20. The summed E-state index contributed by atoms with van der Waals surface area (Å²) in [6, 6.07) is 3.98. The highest BCUT2D eigenvalue weighted by atomic mass is 16.5. The number of pyridine rings is 1. The standard InChI is InChI=1S/C15H20N4O2/c1-10-18-15(21-19-10)12-6-13(14(20)7-12)9-17-8-11-2-4-16-5-3-11/h2-5,12-14,17,20H,6-9H2,1H3/t12-,13+,14+/m0/s1. The zero-order valence-electron chi connectivity index (χ0n) is 12.1. The van der Waals surface area contributed by atoms with Crippen LogP contribution in [0.5, 0.6) is 0 Å². The molecule has 1 fully saturated rings. The molecule has 3 atom stereocenters. The topological polar surface area (TPSA) is 84.1 Å². The average molecular weight is 288 g/mol. The summed E-state index contributed by atoms with van der Waals surface area (Å²) < 4.78 is 5.22. The molecule has 1 aliphatic carbocycles. The van der Waals surface area contributed by atoms with Crippen LogP contribution in [0.3, 0.4) is 0 Å². The van der Waals surface area contributed by atoms with Gasteiger partial charge in [-0.3, -0.25) is 4.98 Å². The van der Waals surface area contributed by atoms with Crippen molar-refractivity contribution in [2.45, 2.75) is 38.3 Å². The van der Waals surface area contributed by atoms with Gasteiger partial charge in [0.2, 0.25) is 5.89 Å². The van der Waals surface area contributed by atoms with Gasteiger partial charge in [0.25, 0.3) is 0 Å². The molecule has 0 amide bonds. The van der Waals surface area contributed by atoms with Crippen molar-refractivity contribution in [2.24, 2.45) is 5.92 Å². The number of rotatable bonds is 5. The summed E-state index contributed by atoms with van der Waals surface area (Å²) >= 11 is 0. The third-order valence-corrected chi connectivity index (χ3v) is 4.03. The van der Waals surface area contributed by atoms with Crippen LogP contribution in [0.4, 0.5) is 0 Å². The molecule has 2 heterocycles. The molecule has 1 saturated carbocycles. The van der Waals surface area contributed by atoms with E-state index < -0.39 is 0 Å². The molecule has 0 saturated heterocycles. The minimum Gasteiger partial charge on any atom is -0.393 e. The van der Waals surface area contributed by atoms with Gasteiger partial charge in [0.05, 0.1) is 6.10 Å². The van der Waals surface area contributed by atoms with Crippen LogP contribution < -0.4 is 5.32 Å². The molecule has 0 unspecified atom stereocenters. The lowest BCUT2D eigenvalue weighted by Crippen LogP contribution is -2.27. The molecule has 0 aliphatic heterocycles. The Morgan fingerprint density at radius 2 is 2.14 bits per heavy atom. The predicted molar refractivity (Wildman–Crippen MR) is 76.5 cm³/mol. The smallest absolute Gasteiger partial charge is 0.229 e. The number of hydrogen-bond acceptors (Lipinski definition) is 6. The molecule has 1 aliphatic rings. The first-order valence-electron chi connectivity index (χ1n) is 7.30. The number of nitrogens with one attached hydrogen (secondary N) is 1. The van der Waals surface area contributed by atoms with Crippen LogP contribution >= 0.6 is 0 Å². The Labute approximate surface area is 123 Å². The second-order valence-electron chi connectivity index (χ2n) is 5.66. The van der Waals surface area contributed by atoms with Crippen LogP contribution in [-0.2, 0) is 6.54 Å². The van der Waals surface area contributed by atoms with E-state index >= 15 is 0 Å². The van der Waals surface area contributed by atoms with Gasteiger partial charge < -0.3 is 14.9 Å². The van der Waals surface area contributed by atoms with Crippen LogP contribution in [0, 0.1) is 12.8 Å². The Hall–Kier alpha value is -1.79. The number of aryl methyl sites for hydroxylation is 1. The first-order chi connectivity index (χ1) is 10.2. The Morgan fingerprint density at radius 1 is 1.33 bits per heavy atom. The highest BCUT2D eigenvalue weighted by Gasteiger charge is 2.36. The van der Waals surface area contributed by atoms with Crippen molar-refractivity contribution in [3.8, 4) is 0 Å². The van der Waals surface area contributed by atoms with Gasteiger partial charge in [-0.1, -0.05) is 5.16 Å². The second-order valence-corrected chi connectivity index (χ2v) is 5.66. The van der Waals surface area contributed by atoms with E-state index in [2.05, 4.69) is 20.4 Å². The van der Waals surface area contributed by atoms with Gasteiger partial charge in [-0.15, -0.1) is 0 Å². The van der Waals surface area contributed by atoms with E-state index in [9.17, 15) is 5.11 Å². The fourth-order valence-electron chi connectivity index (χ4n) is 2.91. The fourth-order valence-corrected chi connectivity index (χ4v) is 2.91. The van der Waals surface area contributed by atoms with E-state index in [1.54, 1.807) is 12.4 Å². The summed E-state index contributed by atoms with van der Waals surface area (Å²) in [5, 5.41) is 17.4. The molecule has 0 spiro atoms. The van der Waals surface area contributed by atoms with Crippen molar-refractivity contribution in [1.82, 2.24) is 20.4 Å². The van der Waals surface area contributed by atoms with E-state index in [0.29, 0.717) is 18.1 Å². The number of aromatic nitrogens is 3. The van der Waals surface area contributed by atoms with Gasteiger partial charge in [0, 0.05) is 31.4 Å². The molecule has 0 bridgehead atoms. The van der Waals surface area contributed by atoms with Crippen LogP contribution in [-0.4, -0.2) is 32.9 Å². The first-order valence-corrected chi connectivity index (χ1v) is 7.30. The fraction of sp³-hybridized carbons (Fsp3) is 0.533. The number of aliphatic hydroxyl groups excluding tert-OH is 1. The zero-order chi connectivity index (χ0) is 14.7. The largest absolute Gasteiger partial charge is 0.393 e. The normalized spacial score (nSPS) is 25.3. The van der Waals surface area contributed by atoms with Crippen LogP contribution in [0.15, 0.2) is 29.0 Å². The van der Waals surface area contributed by atoms with Gasteiger partial charge in [-0.25, -0.2) is 0 Å². The summed E-state index contributed by atoms with van der Waals surface area (Å²) in [6.07, 6.45) is 4.84. The van der Waals surface area contributed by atoms with Crippen LogP contribution in [0.1, 0.15) is 36.0 Å². The van der Waals surface area contributed by atoms with Crippen molar-refractivity contribution >= 4 is 0 Å². The summed E-state index contributed by atoms with van der Waals surface area (Å²) in [4.78, 5) is 8.27. The number of aliphatic hydroxyl groups is 1. The maximum absolute atomic E-state index is 10.2. The van der Waals surface area contributed by atoms with Gasteiger partial charge >= 0.3 is 0 Å². The monoisotopic (exact) mass is 288 g/mol. The molecule has 112 valence electrons. The Bertz CT molecular complexity index is 572. The molecule has 6 heteroatoms. The highest BCUT2D eigenvalue weighted by Crippen LogP contribution is 2.37. The van der Waals surface area contributed by atoms with Gasteiger partial charge in [-0.05, 0) is 43.4 Å². The Kier molecular flexibility index (Phi) is 4.26. The van der Waals surface area contributed by atoms with Crippen LogP contribution in [0.2, 0.25) is 0 Å². The molecule has 3 rings (SSSR count). The van der Waals surface area contributed by atoms with Crippen molar-refractivity contribution in [3.05, 3.63) is 41.8 Å². The lowest BCUT2D eigenvalue weighted by molar-refractivity contribution is 0.130. The van der Waals surface area contributed by atoms with Crippen molar-refractivity contribution in [2.75, 3.05) is 6.54 Å². The zero-order valence-corrected chi connectivity index (χ0v) is 12.1. The van der Waals surface area contributed by atoms with E-state index in [1.807, 2.05) is 19.1 Å². The first kappa shape index (κ1) is 14.2. The van der Waals surface area contributed by atoms with Crippen molar-refractivity contribution < 1.29 is 9.63 Å². The van der Waals surface area contributed by atoms with E-state index in [0.717, 1.165) is 19.5 Å². The summed E-state index contributed by atoms with van der Waals surface area (Å²) in [5.74, 6) is 1.71. The molecule has 2 aromatic rings. The SMILES string of the molecule is Cc1noc([C@H]2C[C@H](CNCc3ccncc3)[C@H](O)C2)n1. The van der Waals surface area contributed by atoms with Gasteiger partial charge in [0.15, 0.2) is 5.82 Å².